The zero-order chi connectivity index (χ0) is 20.3. The Morgan fingerprint density at radius 2 is 1.89 bits per heavy atom. The van der Waals surface area contributed by atoms with Crippen LogP contribution in [0.5, 0.6) is 0 Å². The van der Waals surface area contributed by atoms with Gasteiger partial charge in [0.25, 0.3) is 5.56 Å². The van der Waals surface area contributed by atoms with Crippen molar-refractivity contribution in [2.75, 3.05) is 42.6 Å². The lowest BCUT2D eigenvalue weighted by Gasteiger charge is -2.36. The van der Waals surface area contributed by atoms with Gasteiger partial charge in [0.2, 0.25) is 5.95 Å². The van der Waals surface area contributed by atoms with Gasteiger partial charge in [0.15, 0.2) is 0 Å². The van der Waals surface area contributed by atoms with Gasteiger partial charge in [-0.1, -0.05) is 6.07 Å². The van der Waals surface area contributed by atoms with Crippen LogP contribution in [0.4, 0.5) is 24.8 Å². The number of hydrogen-bond donors (Lipinski definition) is 1. The first kappa shape index (κ1) is 19.7. The van der Waals surface area contributed by atoms with Crippen LogP contribution >= 0.6 is 0 Å². The Morgan fingerprint density at radius 3 is 2.50 bits per heavy atom. The van der Waals surface area contributed by atoms with E-state index in [2.05, 4.69) is 9.97 Å². The minimum absolute atomic E-state index is 0.150. The summed E-state index contributed by atoms with van der Waals surface area (Å²) >= 11 is 0. The molecule has 7 nitrogen and oxygen atoms in total. The molecule has 0 saturated carbocycles. The molecule has 28 heavy (non-hydrogen) atoms. The molecule has 3 rings (SSSR count). The van der Waals surface area contributed by atoms with Gasteiger partial charge in [0.1, 0.15) is 5.56 Å². The predicted octanol–water partition coefficient (Wildman–Crippen LogP) is 2.29. The highest BCUT2D eigenvalue weighted by Crippen LogP contribution is 2.32. The van der Waals surface area contributed by atoms with Gasteiger partial charge in [-0.15, -0.1) is 0 Å². The smallest absolute Gasteiger partial charge is 0.416 e. The number of aromatic nitrogens is 2. The van der Waals surface area contributed by atoms with Crippen LogP contribution < -0.4 is 15.4 Å². The number of rotatable bonds is 4. The highest BCUT2D eigenvalue weighted by Gasteiger charge is 2.31. The number of piperazine rings is 1. The first-order chi connectivity index (χ1) is 13.3. The number of H-pyrrole nitrogens is 1. The Kier molecular flexibility index (Phi) is 5.57. The number of hydrogen-bond acceptors (Lipinski definition) is 6. The molecular formula is C18H19F3N4O3. The third kappa shape index (κ3) is 4.26. The van der Waals surface area contributed by atoms with Crippen molar-refractivity contribution in [3.63, 3.8) is 0 Å². The second-order valence-corrected chi connectivity index (χ2v) is 6.19. The maximum absolute atomic E-state index is 12.9. The third-order valence-corrected chi connectivity index (χ3v) is 4.40. The zero-order valence-electron chi connectivity index (χ0n) is 15.1. The molecule has 1 fully saturated rings. The number of aromatic amines is 1. The second-order valence-electron chi connectivity index (χ2n) is 6.19. The molecule has 2 aromatic rings. The molecule has 0 amide bonds. The van der Waals surface area contributed by atoms with Crippen molar-refractivity contribution < 1.29 is 22.7 Å². The van der Waals surface area contributed by atoms with Gasteiger partial charge in [-0.2, -0.15) is 13.2 Å². The Bertz CT molecular complexity index is 905. The van der Waals surface area contributed by atoms with E-state index < -0.39 is 23.3 Å². The van der Waals surface area contributed by atoms with E-state index in [-0.39, 0.29) is 12.2 Å². The maximum atomic E-state index is 12.9. The van der Waals surface area contributed by atoms with Crippen molar-refractivity contribution in [3.05, 3.63) is 51.9 Å². The number of carbonyl (C=O) groups excluding carboxylic acids is 1. The fourth-order valence-electron chi connectivity index (χ4n) is 2.96. The normalized spacial score (nSPS) is 14.9. The summed E-state index contributed by atoms with van der Waals surface area (Å²) in [5, 5.41) is 0. The minimum Gasteiger partial charge on any atom is -0.462 e. The summed E-state index contributed by atoms with van der Waals surface area (Å²) in [7, 11) is 0. The van der Waals surface area contributed by atoms with Crippen LogP contribution in [0.25, 0.3) is 0 Å². The quantitative estimate of drug-likeness (QED) is 0.799. The molecule has 0 radical (unpaired) electrons. The summed E-state index contributed by atoms with van der Waals surface area (Å²) in [6.45, 7) is 3.63. The molecule has 0 aliphatic carbocycles. The average Bonchev–Trinajstić information content (AvgIpc) is 2.67. The molecule has 0 atom stereocenters. The monoisotopic (exact) mass is 396 g/mol. The first-order valence-electron chi connectivity index (χ1n) is 8.73. The fraction of sp³-hybridized carbons (Fsp3) is 0.389. The largest absolute Gasteiger partial charge is 0.462 e. The molecule has 1 N–H and O–H groups in total. The van der Waals surface area contributed by atoms with Gasteiger partial charge in [0.05, 0.1) is 18.4 Å². The number of benzene rings is 1. The molecular weight excluding hydrogens is 377 g/mol. The van der Waals surface area contributed by atoms with Gasteiger partial charge >= 0.3 is 12.1 Å². The van der Waals surface area contributed by atoms with Crippen molar-refractivity contribution in [1.82, 2.24) is 9.97 Å². The van der Waals surface area contributed by atoms with Crippen LogP contribution in [0.3, 0.4) is 0 Å². The van der Waals surface area contributed by atoms with Crippen LogP contribution in [-0.4, -0.2) is 48.7 Å². The SMILES string of the molecule is CCOC(=O)c1cnc(N2CCN(c3cccc(C(F)(F)F)c3)CC2)[nH]c1=O. The van der Waals surface area contributed by atoms with E-state index in [1.807, 2.05) is 4.90 Å². The van der Waals surface area contributed by atoms with E-state index in [9.17, 15) is 22.8 Å². The van der Waals surface area contributed by atoms with Crippen LogP contribution in [0.15, 0.2) is 35.3 Å². The molecule has 1 saturated heterocycles. The van der Waals surface area contributed by atoms with E-state index in [1.54, 1.807) is 17.9 Å². The predicted molar refractivity (Wildman–Crippen MR) is 96.7 cm³/mol. The number of esters is 1. The van der Waals surface area contributed by atoms with Gasteiger partial charge < -0.3 is 14.5 Å². The zero-order valence-corrected chi connectivity index (χ0v) is 15.1. The molecule has 0 spiro atoms. The van der Waals surface area contributed by atoms with Gasteiger partial charge in [-0.05, 0) is 25.1 Å². The number of halogens is 3. The fourth-order valence-corrected chi connectivity index (χ4v) is 2.96. The van der Waals surface area contributed by atoms with Crippen molar-refractivity contribution in [2.45, 2.75) is 13.1 Å². The summed E-state index contributed by atoms with van der Waals surface area (Å²) in [5.74, 6) is -0.432. The molecule has 150 valence electrons. The van der Waals surface area contributed by atoms with Crippen molar-refractivity contribution >= 4 is 17.6 Å². The van der Waals surface area contributed by atoms with Crippen LogP contribution in [0.1, 0.15) is 22.8 Å². The second kappa shape index (κ2) is 7.91. The lowest BCUT2D eigenvalue weighted by Crippen LogP contribution is -2.47. The molecule has 10 heteroatoms. The van der Waals surface area contributed by atoms with E-state index >= 15 is 0 Å². The number of ether oxygens (including phenoxy) is 1. The molecule has 0 unspecified atom stereocenters. The molecule has 1 aromatic heterocycles. The number of carbonyl (C=O) groups is 1. The molecule has 0 bridgehead atoms. The van der Waals surface area contributed by atoms with Crippen molar-refractivity contribution in [2.24, 2.45) is 0 Å². The molecule has 1 aliphatic heterocycles. The number of alkyl halides is 3. The van der Waals surface area contributed by atoms with E-state index in [0.717, 1.165) is 12.1 Å². The summed E-state index contributed by atoms with van der Waals surface area (Å²) in [5.41, 5.74) is -0.960. The lowest BCUT2D eigenvalue weighted by atomic mass is 10.1. The highest BCUT2D eigenvalue weighted by atomic mass is 19.4. The Hall–Kier alpha value is -3.04. The Labute approximate surface area is 158 Å². The number of anilines is 2. The number of nitrogens with one attached hydrogen (secondary N) is 1. The summed E-state index contributed by atoms with van der Waals surface area (Å²) in [6.07, 6.45) is -3.22. The minimum atomic E-state index is -4.39. The molecule has 1 aromatic carbocycles. The summed E-state index contributed by atoms with van der Waals surface area (Å²) in [4.78, 5) is 34.1. The van der Waals surface area contributed by atoms with Crippen LogP contribution in [-0.2, 0) is 10.9 Å². The van der Waals surface area contributed by atoms with Crippen molar-refractivity contribution in [1.29, 1.82) is 0 Å². The highest BCUT2D eigenvalue weighted by molar-refractivity contribution is 5.88. The topological polar surface area (TPSA) is 78.5 Å². The molecule has 2 heterocycles. The average molecular weight is 396 g/mol. The van der Waals surface area contributed by atoms with Crippen LogP contribution in [0, 0.1) is 0 Å². The van der Waals surface area contributed by atoms with E-state index in [4.69, 9.17) is 4.74 Å². The van der Waals surface area contributed by atoms with Crippen LogP contribution in [0.2, 0.25) is 0 Å². The van der Waals surface area contributed by atoms with Gasteiger partial charge in [0, 0.05) is 31.9 Å². The summed E-state index contributed by atoms with van der Waals surface area (Å²) < 4.78 is 43.5. The lowest BCUT2D eigenvalue weighted by molar-refractivity contribution is -0.137. The molecule has 1 aliphatic rings. The van der Waals surface area contributed by atoms with Crippen molar-refractivity contribution in [3.8, 4) is 0 Å². The van der Waals surface area contributed by atoms with E-state index in [1.165, 1.54) is 12.3 Å². The van der Waals surface area contributed by atoms with E-state index in [0.29, 0.717) is 37.8 Å². The maximum Gasteiger partial charge on any atom is 0.416 e. The number of nitrogens with zero attached hydrogens (tertiary/aromatic N) is 3. The van der Waals surface area contributed by atoms with Gasteiger partial charge in [-0.25, -0.2) is 9.78 Å². The Morgan fingerprint density at radius 1 is 1.21 bits per heavy atom. The third-order valence-electron chi connectivity index (χ3n) is 4.40. The standard InChI is InChI=1S/C18H19F3N4O3/c1-2-28-16(27)14-11-22-17(23-15(14)26)25-8-6-24(7-9-25)13-5-3-4-12(10-13)18(19,20)21/h3-5,10-11H,2,6-9H2,1H3,(H,22,23,26). The summed E-state index contributed by atoms with van der Waals surface area (Å²) in [6, 6.07) is 5.19. The Balaban J connectivity index is 1.68. The van der Waals surface area contributed by atoms with Gasteiger partial charge in [-0.3, -0.25) is 9.78 Å². The first-order valence-corrected chi connectivity index (χ1v) is 8.73.